The van der Waals surface area contributed by atoms with Crippen LogP contribution in [0.15, 0.2) is 24.3 Å². The van der Waals surface area contributed by atoms with E-state index in [1.165, 1.54) is 11.3 Å². The highest BCUT2D eigenvalue weighted by Crippen LogP contribution is 2.23. The van der Waals surface area contributed by atoms with E-state index in [0.717, 1.165) is 26.1 Å². The molecule has 0 saturated carbocycles. The highest BCUT2D eigenvalue weighted by Gasteiger charge is 2.21. The number of anilines is 1. The first kappa shape index (κ1) is 13.4. The molecule has 2 rings (SSSR count). The zero-order valence-electron chi connectivity index (χ0n) is 11.8. The predicted molar refractivity (Wildman–Crippen MR) is 78.0 cm³/mol. The van der Waals surface area contributed by atoms with Gasteiger partial charge in [-0.2, -0.15) is 0 Å². The zero-order valence-corrected chi connectivity index (χ0v) is 11.8. The van der Waals surface area contributed by atoms with Crippen LogP contribution in [0.4, 0.5) is 5.69 Å². The number of nitrogens with two attached hydrogens (primary N) is 1. The summed E-state index contributed by atoms with van der Waals surface area (Å²) in [7, 11) is 2.19. The van der Waals surface area contributed by atoms with Gasteiger partial charge in [0, 0.05) is 37.4 Å². The number of rotatable bonds is 3. The summed E-state index contributed by atoms with van der Waals surface area (Å²) in [4.78, 5) is 4.88. The van der Waals surface area contributed by atoms with Gasteiger partial charge in [-0.25, -0.2) is 0 Å². The molecule has 2 atom stereocenters. The molecule has 1 aliphatic rings. The lowest BCUT2D eigenvalue weighted by atomic mass is 10.0. The summed E-state index contributed by atoms with van der Waals surface area (Å²) in [6.45, 7) is 7.80. The molecule has 1 saturated heterocycles. The largest absolute Gasteiger partial charge is 0.366 e. The van der Waals surface area contributed by atoms with E-state index in [2.05, 4.69) is 55.0 Å². The van der Waals surface area contributed by atoms with E-state index in [-0.39, 0.29) is 6.04 Å². The Morgan fingerprint density at radius 1 is 1.28 bits per heavy atom. The standard InChI is InChI=1S/C15H25N3/c1-4-15(16)13-5-7-14(8-6-13)18-10-9-17(3)11-12(18)2/h5-8,12,15H,4,9-11,16H2,1-3H3/t12?,15-/m0/s1. The molecule has 0 aromatic heterocycles. The lowest BCUT2D eigenvalue weighted by Gasteiger charge is -2.39. The maximum Gasteiger partial charge on any atom is 0.0389 e. The van der Waals surface area contributed by atoms with Crippen LogP contribution in [0.2, 0.25) is 0 Å². The number of piperazine rings is 1. The fraction of sp³-hybridized carbons (Fsp3) is 0.600. The van der Waals surface area contributed by atoms with Gasteiger partial charge in [-0.3, -0.25) is 0 Å². The Balaban J connectivity index is 2.09. The third-order valence-corrected chi connectivity index (χ3v) is 3.92. The smallest absolute Gasteiger partial charge is 0.0389 e. The lowest BCUT2D eigenvalue weighted by Crippen LogP contribution is -2.50. The third kappa shape index (κ3) is 2.85. The predicted octanol–water partition coefficient (Wildman–Crippen LogP) is 2.24. The second-order valence-electron chi connectivity index (χ2n) is 5.41. The maximum atomic E-state index is 6.05. The molecular formula is C15H25N3. The first-order chi connectivity index (χ1) is 8.61. The van der Waals surface area contributed by atoms with Crippen molar-refractivity contribution >= 4 is 5.69 Å². The van der Waals surface area contributed by atoms with Crippen LogP contribution in [0.1, 0.15) is 31.9 Å². The van der Waals surface area contributed by atoms with Crippen molar-refractivity contribution in [2.75, 3.05) is 31.6 Å². The van der Waals surface area contributed by atoms with Crippen LogP contribution in [-0.4, -0.2) is 37.6 Å². The molecule has 1 unspecified atom stereocenters. The Morgan fingerprint density at radius 2 is 1.94 bits per heavy atom. The van der Waals surface area contributed by atoms with Gasteiger partial charge in [0.25, 0.3) is 0 Å². The first-order valence-electron chi connectivity index (χ1n) is 6.92. The fourth-order valence-electron chi connectivity index (χ4n) is 2.67. The molecule has 1 aromatic carbocycles. The molecule has 0 spiro atoms. The molecular weight excluding hydrogens is 222 g/mol. The maximum absolute atomic E-state index is 6.05. The molecule has 100 valence electrons. The third-order valence-electron chi connectivity index (χ3n) is 3.92. The number of likely N-dealkylation sites (N-methyl/N-ethyl adjacent to an activating group) is 1. The molecule has 3 nitrogen and oxygen atoms in total. The molecule has 0 radical (unpaired) electrons. The van der Waals surface area contributed by atoms with E-state index in [4.69, 9.17) is 5.73 Å². The Hall–Kier alpha value is -1.06. The number of hydrogen-bond donors (Lipinski definition) is 1. The molecule has 1 heterocycles. The van der Waals surface area contributed by atoms with Gasteiger partial charge < -0.3 is 15.5 Å². The molecule has 0 bridgehead atoms. The Kier molecular flexibility index (Phi) is 4.25. The molecule has 2 N–H and O–H groups in total. The van der Waals surface area contributed by atoms with Crippen LogP contribution >= 0.6 is 0 Å². The molecule has 1 fully saturated rings. The van der Waals surface area contributed by atoms with Crippen LogP contribution in [0.25, 0.3) is 0 Å². The van der Waals surface area contributed by atoms with Crippen LogP contribution in [0.3, 0.4) is 0 Å². The summed E-state index contributed by atoms with van der Waals surface area (Å²) in [5.74, 6) is 0. The summed E-state index contributed by atoms with van der Waals surface area (Å²) in [5, 5.41) is 0. The minimum Gasteiger partial charge on any atom is -0.366 e. The average molecular weight is 247 g/mol. The van der Waals surface area contributed by atoms with Gasteiger partial charge in [-0.05, 0) is 38.1 Å². The normalized spacial score (nSPS) is 23.1. The van der Waals surface area contributed by atoms with Crippen LogP contribution in [-0.2, 0) is 0 Å². The zero-order chi connectivity index (χ0) is 13.1. The van der Waals surface area contributed by atoms with Crippen LogP contribution in [0.5, 0.6) is 0 Å². The highest BCUT2D eigenvalue weighted by atomic mass is 15.3. The monoisotopic (exact) mass is 247 g/mol. The van der Waals surface area contributed by atoms with Gasteiger partial charge in [-0.15, -0.1) is 0 Å². The molecule has 0 amide bonds. The van der Waals surface area contributed by atoms with Crippen molar-refractivity contribution in [3.05, 3.63) is 29.8 Å². The van der Waals surface area contributed by atoms with E-state index in [0.29, 0.717) is 6.04 Å². The summed E-state index contributed by atoms with van der Waals surface area (Å²) in [6.07, 6.45) is 0.990. The SMILES string of the molecule is CC[C@H](N)c1ccc(N2CCN(C)CC2C)cc1. The molecule has 0 aliphatic carbocycles. The highest BCUT2D eigenvalue weighted by molar-refractivity contribution is 5.49. The van der Waals surface area contributed by atoms with Crippen molar-refractivity contribution < 1.29 is 0 Å². The first-order valence-corrected chi connectivity index (χ1v) is 6.92. The summed E-state index contributed by atoms with van der Waals surface area (Å²) < 4.78 is 0. The van der Waals surface area contributed by atoms with Gasteiger partial charge in [0.15, 0.2) is 0 Å². The van der Waals surface area contributed by atoms with Gasteiger partial charge in [0.05, 0.1) is 0 Å². The fourth-order valence-corrected chi connectivity index (χ4v) is 2.67. The minimum atomic E-state index is 0.170. The van der Waals surface area contributed by atoms with E-state index >= 15 is 0 Å². The van der Waals surface area contributed by atoms with Crippen molar-refractivity contribution in [1.82, 2.24) is 4.90 Å². The van der Waals surface area contributed by atoms with Crippen molar-refractivity contribution in [2.24, 2.45) is 5.73 Å². The molecule has 18 heavy (non-hydrogen) atoms. The van der Waals surface area contributed by atoms with Crippen molar-refractivity contribution in [1.29, 1.82) is 0 Å². The van der Waals surface area contributed by atoms with E-state index < -0.39 is 0 Å². The van der Waals surface area contributed by atoms with Crippen LogP contribution in [0, 0.1) is 0 Å². The quantitative estimate of drug-likeness (QED) is 0.889. The van der Waals surface area contributed by atoms with Crippen molar-refractivity contribution in [3.8, 4) is 0 Å². The molecule has 1 aromatic rings. The number of benzene rings is 1. The second kappa shape index (κ2) is 5.72. The van der Waals surface area contributed by atoms with E-state index in [9.17, 15) is 0 Å². The van der Waals surface area contributed by atoms with Crippen LogP contribution < -0.4 is 10.6 Å². The van der Waals surface area contributed by atoms with E-state index in [1.54, 1.807) is 0 Å². The minimum absolute atomic E-state index is 0.170. The Labute approximate surface area is 111 Å². The van der Waals surface area contributed by atoms with Crippen molar-refractivity contribution in [2.45, 2.75) is 32.4 Å². The van der Waals surface area contributed by atoms with Gasteiger partial charge in [0.1, 0.15) is 0 Å². The van der Waals surface area contributed by atoms with Gasteiger partial charge in [0.2, 0.25) is 0 Å². The average Bonchev–Trinajstić information content (AvgIpc) is 2.38. The lowest BCUT2D eigenvalue weighted by molar-refractivity contribution is 0.275. The Morgan fingerprint density at radius 3 is 2.50 bits per heavy atom. The van der Waals surface area contributed by atoms with Gasteiger partial charge in [-0.1, -0.05) is 19.1 Å². The topological polar surface area (TPSA) is 32.5 Å². The number of hydrogen-bond acceptors (Lipinski definition) is 3. The van der Waals surface area contributed by atoms with E-state index in [1.807, 2.05) is 0 Å². The Bertz CT molecular complexity index is 374. The summed E-state index contributed by atoms with van der Waals surface area (Å²) >= 11 is 0. The second-order valence-corrected chi connectivity index (χ2v) is 5.41. The molecule has 3 heteroatoms. The summed E-state index contributed by atoms with van der Waals surface area (Å²) in [5.41, 5.74) is 8.61. The van der Waals surface area contributed by atoms with Crippen molar-refractivity contribution in [3.63, 3.8) is 0 Å². The van der Waals surface area contributed by atoms with Gasteiger partial charge >= 0.3 is 0 Å². The summed E-state index contributed by atoms with van der Waals surface area (Å²) in [6, 6.07) is 9.53. The molecule has 1 aliphatic heterocycles. The number of nitrogens with zero attached hydrogens (tertiary/aromatic N) is 2.